The molecule has 0 aromatic heterocycles. The second-order valence-electron chi connectivity index (χ2n) is 10.4. The third-order valence-electron chi connectivity index (χ3n) is 7.95. The van der Waals surface area contributed by atoms with Crippen LogP contribution in [0.3, 0.4) is 0 Å². The van der Waals surface area contributed by atoms with Crippen molar-refractivity contribution in [3.05, 3.63) is 59.7 Å². The summed E-state index contributed by atoms with van der Waals surface area (Å²) in [4.78, 5) is 38.7. The maximum absolute atomic E-state index is 13.3. The number of benzene rings is 2. The first kappa shape index (κ1) is 23.4. The smallest absolute Gasteiger partial charge is 0.407 e. The van der Waals surface area contributed by atoms with Gasteiger partial charge in [-0.3, -0.25) is 9.59 Å². The molecule has 5 rings (SSSR count). The fourth-order valence-corrected chi connectivity index (χ4v) is 6.17. The Labute approximate surface area is 205 Å². The van der Waals surface area contributed by atoms with Gasteiger partial charge < -0.3 is 20.1 Å². The number of carbonyl (C=O) groups is 3. The molecule has 7 nitrogen and oxygen atoms in total. The normalized spacial score (nSPS) is 23.9. The summed E-state index contributed by atoms with van der Waals surface area (Å²) in [5, 5.41) is 12.0. The maximum atomic E-state index is 13.3. The number of nitrogens with one attached hydrogen (secondary N) is 1. The summed E-state index contributed by atoms with van der Waals surface area (Å²) in [5.74, 6) is -0.642. The lowest BCUT2D eigenvalue weighted by molar-refractivity contribution is -0.142. The Morgan fingerprint density at radius 1 is 1.06 bits per heavy atom. The van der Waals surface area contributed by atoms with Crippen molar-refractivity contribution < 1.29 is 24.2 Å². The molecule has 2 N–H and O–H groups in total. The predicted molar refractivity (Wildman–Crippen MR) is 131 cm³/mol. The number of carboxylic acid groups (broad SMARTS) is 1. The van der Waals surface area contributed by atoms with Crippen molar-refractivity contribution in [1.82, 2.24) is 10.2 Å². The third kappa shape index (κ3) is 4.28. The second kappa shape index (κ2) is 9.02. The first-order valence-corrected chi connectivity index (χ1v) is 12.4. The monoisotopic (exact) mass is 476 g/mol. The molecule has 0 bridgehead atoms. The lowest BCUT2D eigenvalue weighted by atomic mass is 9.98. The number of rotatable bonds is 8. The minimum atomic E-state index is -0.908. The van der Waals surface area contributed by atoms with Crippen LogP contribution in [0.1, 0.15) is 56.6 Å². The highest BCUT2D eigenvalue weighted by atomic mass is 16.5. The van der Waals surface area contributed by atoms with Crippen LogP contribution in [0.5, 0.6) is 0 Å². The van der Waals surface area contributed by atoms with Crippen molar-refractivity contribution in [1.29, 1.82) is 0 Å². The molecule has 0 heterocycles. The van der Waals surface area contributed by atoms with Crippen LogP contribution in [0.15, 0.2) is 48.5 Å². The van der Waals surface area contributed by atoms with Crippen LogP contribution in [-0.4, -0.2) is 53.2 Å². The number of ether oxygens (including phenoxy) is 1. The quantitative estimate of drug-likeness (QED) is 0.589. The molecule has 0 spiro atoms. The van der Waals surface area contributed by atoms with E-state index in [2.05, 4.69) is 29.6 Å². The summed E-state index contributed by atoms with van der Waals surface area (Å²) < 4.78 is 5.69. The number of aliphatic carboxylic acids is 1. The zero-order chi connectivity index (χ0) is 24.7. The molecule has 2 saturated carbocycles. The van der Waals surface area contributed by atoms with Crippen molar-refractivity contribution in [2.24, 2.45) is 11.3 Å². The van der Waals surface area contributed by atoms with Gasteiger partial charge in [0, 0.05) is 24.5 Å². The van der Waals surface area contributed by atoms with Gasteiger partial charge in [-0.05, 0) is 61.3 Å². The molecule has 0 radical (unpaired) electrons. The summed E-state index contributed by atoms with van der Waals surface area (Å²) in [6.07, 6.45) is 1.63. The summed E-state index contributed by atoms with van der Waals surface area (Å²) in [7, 11) is 0. The lowest BCUT2D eigenvalue weighted by Crippen LogP contribution is -2.44. The predicted octanol–water partition coefficient (Wildman–Crippen LogP) is 4.41. The van der Waals surface area contributed by atoms with Gasteiger partial charge in [0.1, 0.15) is 6.61 Å². The van der Waals surface area contributed by atoms with E-state index in [1.165, 1.54) is 22.3 Å². The van der Waals surface area contributed by atoms with Crippen LogP contribution in [0.2, 0.25) is 0 Å². The number of carboxylic acids is 1. The Morgan fingerprint density at radius 3 is 2.29 bits per heavy atom. The van der Waals surface area contributed by atoms with Crippen molar-refractivity contribution in [2.75, 3.05) is 13.2 Å². The number of amides is 2. The summed E-state index contributed by atoms with van der Waals surface area (Å²) in [6.45, 7) is 4.30. The minimum absolute atomic E-state index is 0.00638. The zero-order valence-corrected chi connectivity index (χ0v) is 20.2. The number of hydrogen-bond donors (Lipinski definition) is 2. The molecule has 184 valence electrons. The molecule has 2 aromatic carbocycles. The molecule has 3 aliphatic carbocycles. The molecule has 3 atom stereocenters. The average Bonchev–Trinajstić information content (AvgIpc) is 3.25. The third-order valence-corrected chi connectivity index (χ3v) is 7.95. The molecule has 2 fully saturated rings. The van der Waals surface area contributed by atoms with E-state index < -0.39 is 17.5 Å². The molecule has 3 aliphatic rings. The highest BCUT2D eigenvalue weighted by molar-refractivity contribution is 5.87. The number of nitrogens with zero attached hydrogens (tertiary/aromatic N) is 1. The first-order chi connectivity index (χ1) is 16.8. The Kier molecular flexibility index (Phi) is 6.03. The number of hydrogen-bond acceptors (Lipinski definition) is 4. The van der Waals surface area contributed by atoms with Crippen LogP contribution in [-0.2, 0) is 14.3 Å². The fourth-order valence-electron chi connectivity index (χ4n) is 6.17. The van der Waals surface area contributed by atoms with Gasteiger partial charge in [-0.25, -0.2) is 4.79 Å². The van der Waals surface area contributed by atoms with Crippen molar-refractivity contribution in [2.45, 2.75) is 57.5 Å². The Morgan fingerprint density at radius 2 is 1.69 bits per heavy atom. The van der Waals surface area contributed by atoms with E-state index in [0.717, 1.165) is 12.8 Å². The van der Waals surface area contributed by atoms with Crippen LogP contribution >= 0.6 is 0 Å². The Balaban J connectivity index is 1.18. The van der Waals surface area contributed by atoms with Crippen molar-refractivity contribution >= 4 is 18.0 Å². The van der Waals surface area contributed by atoms with Gasteiger partial charge >= 0.3 is 12.1 Å². The van der Waals surface area contributed by atoms with E-state index in [0.29, 0.717) is 6.42 Å². The molecular weight excluding hydrogens is 444 g/mol. The summed E-state index contributed by atoms with van der Waals surface area (Å²) >= 11 is 0. The highest BCUT2D eigenvalue weighted by Gasteiger charge is 2.66. The van der Waals surface area contributed by atoms with Gasteiger partial charge in [-0.2, -0.15) is 0 Å². The largest absolute Gasteiger partial charge is 0.481 e. The van der Waals surface area contributed by atoms with Gasteiger partial charge in [-0.15, -0.1) is 0 Å². The van der Waals surface area contributed by atoms with Crippen LogP contribution in [0, 0.1) is 11.3 Å². The molecule has 7 heteroatoms. The van der Waals surface area contributed by atoms with E-state index in [1.807, 2.05) is 38.1 Å². The Bertz CT molecular complexity index is 1120. The molecule has 0 saturated heterocycles. The highest BCUT2D eigenvalue weighted by Crippen LogP contribution is 2.64. The Hall–Kier alpha value is -3.35. The molecule has 2 aromatic rings. The van der Waals surface area contributed by atoms with Crippen LogP contribution in [0.4, 0.5) is 4.79 Å². The molecule has 35 heavy (non-hydrogen) atoms. The molecule has 0 aliphatic heterocycles. The van der Waals surface area contributed by atoms with E-state index >= 15 is 0 Å². The SMILES string of the molecule is CC(C)N(CCC(=O)O)C(=O)C12CC(NC(=O)OCC3c4ccccc4-c4ccccc43)CC1C2. The van der Waals surface area contributed by atoms with E-state index in [-0.39, 0.29) is 49.4 Å². The van der Waals surface area contributed by atoms with Crippen molar-refractivity contribution in [3.63, 3.8) is 0 Å². The van der Waals surface area contributed by atoms with Gasteiger partial charge in [-0.1, -0.05) is 48.5 Å². The van der Waals surface area contributed by atoms with Crippen LogP contribution < -0.4 is 5.32 Å². The fraction of sp³-hybridized carbons (Fsp3) is 0.464. The maximum Gasteiger partial charge on any atom is 0.407 e. The lowest BCUT2D eigenvalue weighted by Gasteiger charge is -2.30. The van der Waals surface area contributed by atoms with E-state index in [1.54, 1.807) is 4.90 Å². The zero-order valence-electron chi connectivity index (χ0n) is 20.2. The molecular formula is C28H32N2O5. The van der Waals surface area contributed by atoms with Gasteiger partial charge in [0.2, 0.25) is 5.91 Å². The summed E-state index contributed by atoms with van der Waals surface area (Å²) in [6, 6.07) is 16.3. The average molecular weight is 477 g/mol. The number of alkyl carbamates (subject to hydrolysis) is 1. The first-order valence-electron chi connectivity index (χ1n) is 12.4. The standard InChI is InChI=1S/C28H32N2O5/c1-17(2)30(12-11-25(31)32)26(33)28-14-18(28)13-19(15-28)29-27(34)35-16-24-22-9-5-3-7-20(22)21-8-4-6-10-23(21)24/h3-10,17-19,24H,11-16H2,1-2H3,(H,29,34)(H,31,32). The van der Waals surface area contributed by atoms with Crippen LogP contribution in [0.25, 0.3) is 11.1 Å². The van der Waals surface area contributed by atoms with E-state index in [9.17, 15) is 14.4 Å². The summed E-state index contributed by atoms with van der Waals surface area (Å²) in [5.41, 5.74) is 4.24. The number of carbonyl (C=O) groups excluding carboxylic acids is 2. The topological polar surface area (TPSA) is 95.9 Å². The van der Waals surface area contributed by atoms with Crippen molar-refractivity contribution in [3.8, 4) is 11.1 Å². The minimum Gasteiger partial charge on any atom is -0.481 e. The molecule has 3 unspecified atom stereocenters. The molecule has 2 amide bonds. The van der Waals surface area contributed by atoms with Gasteiger partial charge in [0.05, 0.1) is 11.8 Å². The second-order valence-corrected chi connectivity index (χ2v) is 10.4. The van der Waals surface area contributed by atoms with E-state index in [4.69, 9.17) is 9.84 Å². The number of fused-ring (bicyclic) bond motifs is 4. The van der Waals surface area contributed by atoms with Gasteiger partial charge in [0.25, 0.3) is 0 Å². The van der Waals surface area contributed by atoms with Gasteiger partial charge in [0.15, 0.2) is 0 Å².